The number of hydrogen-bond donors (Lipinski definition) is 2. The summed E-state index contributed by atoms with van der Waals surface area (Å²) in [6.45, 7) is 3.23. The third-order valence-electron chi connectivity index (χ3n) is 4.12. The van der Waals surface area contributed by atoms with Gasteiger partial charge in [0.05, 0.1) is 4.90 Å². The molecule has 3 rings (SSSR count). The number of benzene rings is 2. The Hall–Kier alpha value is -1.96. The second-order valence-corrected chi connectivity index (χ2v) is 8.43. The molecule has 1 aliphatic rings. The molecule has 5 nitrogen and oxygen atoms in total. The topological polar surface area (TPSA) is 61.4 Å². The van der Waals surface area contributed by atoms with E-state index in [-0.39, 0.29) is 0 Å². The Balaban J connectivity index is 1.64. The van der Waals surface area contributed by atoms with Crippen molar-refractivity contribution in [1.82, 2.24) is 4.31 Å². The highest BCUT2D eigenvalue weighted by atomic mass is 32.2. The average molecular weight is 376 g/mol. The van der Waals surface area contributed by atoms with Gasteiger partial charge in [0.2, 0.25) is 10.0 Å². The molecule has 7 heteroatoms. The zero-order valence-electron chi connectivity index (χ0n) is 14.0. The summed E-state index contributed by atoms with van der Waals surface area (Å²) in [6, 6.07) is 14.6. The van der Waals surface area contributed by atoms with E-state index in [0.717, 1.165) is 24.2 Å². The molecule has 1 aliphatic heterocycles. The van der Waals surface area contributed by atoms with Gasteiger partial charge in [0.1, 0.15) is 0 Å². The minimum absolute atomic E-state index is 0.317. The zero-order chi connectivity index (χ0) is 17.9. The van der Waals surface area contributed by atoms with Crippen molar-refractivity contribution in [1.29, 1.82) is 0 Å². The first-order valence-electron chi connectivity index (χ1n) is 8.20. The molecular weight excluding hydrogens is 354 g/mol. The van der Waals surface area contributed by atoms with Crippen LogP contribution < -0.4 is 10.6 Å². The summed E-state index contributed by atoms with van der Waals surface area (Å²) in [6.07, 6.45) is 1.86. The Labute approximate surface area is 154 Å². The van der Waals surface area contributed by atoms with Gasteiger partial charge in [-0.1, -0.05) is 17.7 Å². The van der Waals surface area contributed by atoms with Gasteiger partial charge in [0.25, 0.3) is 0 Å². The standard InChI is InChI=1S/C18H21N3O2S2/c1-14-4-6-15(7-5-14)19-18(24)20-16-8-10-17(11-9-16)25(22,23)21-12-2-3-13-21/h4-11H,2-3,12-13H2,1H3,(H2,19,20,24). The smallest absolute Gasteiger partial charge is 0.243 e. The Kier molecular flexibility index (Phi) is 5.36. The van der Waals surface area contributed by atoms with E-state index in [9.17, 15) is 8.42 Å². The molecule has 2 N–H and O–H groups in total. The van der Waals surface area contributed by atoms with Crippen LogP contribution in [0.2, 0.25) is 0 Å². The predicted molar refractivity (Wildman–Crippen MR) is 105 cm³/mol. The van der Waals surface area contributed by atoms with Gasteiger partial charge >= 0.3 is 0 Å². The summed E-state index contributed by atoms with van der Waals surface area (Å²) in [4.78, 5) is 0.317. The van der Waals surface area contributed by atoms with Crippen LogP contribution in [0.5, 0.6) is 0 Å². The van der Waals surface area contributed by atoms with E-state index in [0.29, 0.717) is 23.1 Å². The molecule has 2 aromatic rings. The highest BCUT2D eigenvalue weighted by molar-refractivity contribution is 7.89. The van der Waals surface area contributed by atoms with Gasteiger partial charge in [-0.25, -0.2) is 8.42 Å². The van der Waals surface area contributed by atoms with Gasteiger partial charge in [-0.05, 0) is 68.4 Å². The lowest BCUT2D eigenvalue weighted by Gasteiger charge is -2.16. The molecule has 25 heavy (non-hydrogen) atoms. The zero-order valence-corrected chi connectivity index (χ0v) is 15.7. The molecule has 0 saturated carbocycles. The Morgan fingerprint density at radius 3 is 1.92 bits per heavy atom. The summed E-state index contributed by atoms with van der Waals surface area (Å²) in [5.41, 5.74) is 2.82. The summed E-state index contributed by atoms with van der Waals surface area (Å²) >= 11 is 5.30. The molecule has 0 atom stereocenters. The van der Waals surface area contributed by atoms with Crippen molar-refractivity contribution in [3.05, 3.63) is 54.1 Å². The highest BCUT2D eigenvalue weighted by Gasteiger charge is 2.26. The number of rotatable bonds is 4. The molecule has 0 amide bonds. The summed E-state index contributed by atoms with van der Waals surface area (Å²) in [5.74, 6) is 0. The molecule has 0 spiro atoms. The fraction of sp³-hybridized carbons (Fsp3) is 0.278. The van der Waals surface area contributed by atoms with Crippen molar-refractivity contribution in [2.75, 3.05) is 23.7 Å². The molecule has 0 unspecified atom stereocenters. The van der Waals surface area contributed by atoms with Crippen LogP contribution in [-0.2, 0) is 10.0 Å². The molecule has 1 saturated heterocycles. The van der Waals surface area contributed by atoms with Crippen molar-refractivity contribution in [2.45, 2.75) is 24.7 Å². The van der Waals surface area contributed by atoms with Crippen molar-refractivity contribution in [3.8, 4) is 0 Å². The van der Waals surface area contributed by atoms with Gasteiger partial charge in [0.15, 0.2) is 5.11 Å². The van der Waals surface area contributed by atoms with Gasteiger partial charge < -0.3 is 10.6 Å². The molecule has 0 bridgehead atoms. The predicted octanol–water partition coefficient (Wildman–Crippen LogP) is 3.59. The third-order valence-corrected chi connectivity index (χ3v) is 6.24. The van der Waals surface area contributed by atoms with Gasteiger partial charge in [-0.3, -0.25) is 0 Å². The number of hydrogen-bond acceptors (Lipinski definition) is 3. The monoisotopic (exact) mass is 375 g/mol. The summed E-state index contributed by atoms with van der Waals surface area (Å²) in [7, 11) is -3.38. The second-order valence-electron chi connectivity index (χ2n) is 6.08. The lowest BCUT2D eigenvalue weighted by molar-refractivity contribution is 0.477. The van der Waals surface area contributed by atoms with Crippen molar-refractivity contribution < 1.29 is 8.42 Å². The molecule has 0 aromatic heterocycles. The third kappa shape index (κ3) is 4.36. The SMILES string of the molecule is Cc1ccc(NC(=S)Nc2ccc(S(=O)(=O)N3CCCC3)cc2)cc1. The largest absolute Gasteiger partial charge is 0.332 e. The average Bonchev–Trinajstić information content (AvgIpc) is 3.13. The van der Waals surface area contributed by atoms with E-state index in [4.69, 9.17) is 12.2 Å². The van der Waals surface area contributed by atoms with Crippen LogP contribution in [0, 0.1) is 6.92 Å². The Morgan fingerprint density at radius 2 is 1.40 bits per heavy atom. The normalized spacial score (nSPS) is 15.1. The van der Waals surface area contributed by atoms with Crippen LogP contribution in [-0.4, -0.2) is 30.9 Å². The summed E-state index contributed by atoms with van der Waals surface area (Å²) in [5, 5.41) is 6.62. The van der Waals surface area contributed by atoms with Crippen LogP contribution in [0.4, 0.5) is 11.4 Å². The molecule has 132 valence electrons. The number of thiocarbonyl (C=S) groups is 1. The maximum absolute atomic E-state index is 12.5. The van der Waals surface area contributed by atoms with E-state index in [2.05, 4.69) is 10.6 Å². The molecular formula is C18H21N3O2S2. The van der Waals surface area contributed by atoms with Crippen molar-refractivity contribution >= 4 is 38.7 Å². The van der Waals surface area contributed by atoms with E-state index in [1.807, 2.05) is 31.2 Å². The molecule has 1 fully saturated rings. The second kappa shape index (κ2) is 7.51. The minimum atomic E-state index is -3.38. The number of nitrogens with one attached hydrogen (secondary N) is 2. The quantitative estimate of drug-likeness (QED) is 0.800. The fourth-order valence-electron chi connectivity index (χ4n) is 2.72. The van der Waals surface area contributed by atoms with Crippen molar-refractivity contribution in [2.24, 2.45) is 0 Å². The van der Waals surface area contributed by atoms with Gasteiger partial charge in [-0.15, -0.1) is 0 Å². The maximum atomic E-state index is 12.5. The lowest BCUT2D eigenvalue weighted by atomic mass is 10.2. The molecule has 0 aliphatic carbocycles. The summed E-state index contributed by atoms with van der Waals surface area (Å²) < 4.78 is 26.5. The highest BCUT2D eigenvalue weighted by Crippen LogP contribution is 2.22. The first-order valence-corrected chi connectivity index (χ1v) is 10.0. The van der Waals surface area contributed by atoms with Gasteiger partial charge in [0, 0.05) is 24.5 Å². The van der Waals surface area contributed by atoms with E-state index in [1.165, 1.54) is 5.56 Å². The number of nitrogens with zero attached hydrogens (tertiary/aromatic N) is 1. The van der Waals surface area contributed by atoms with Crippen LogP contribution in [0.3, 0.4) is 0 Å². The van der Waals surface area contributed by atoms with Crippen LogP contribution in [0.15, 0.2) is 53.4 Å². The fourth-order valence-corrected chi connectivity index (χ4v) is 4.47. The molecule has 1 heterocycles. The van der Waals surface area contributed by atoms with Crippen LogP contribution >= 0.6 is 12.2 Å². The van der Waals surface area contributed by atoms with Crippen molar-refractivity contribution in [3.63, 3.8) is 0 Å². The van der Waals surface area contributed by atoms with E-state index >= 15 is 0 Å². The van der Waals surface area contributed by atoms with E-state index in [1.54, 1.807) is 28.6 Å². The van der Waals surface area contributed by atoms with Gasteiger partial charge in [-0.2, -0.15) is 4.31 Å². The molecule has 2 aromatic carbocycles. The van der Waals surface area contributed by atoms with Crippen LogP contribution in [0.25, 0.3) is 0 Å². The number of anilines is 2. The first kappa shape index (κ1) is 17.8. The molecule has 0 radical (unpaired) electrons. The first-order chi connectivity index (χ1) is 11.9. The lowest BCUT2D eigenvalue weighted by Crippen LogP contribution is -2.27. The Bertz CT molecular complexity index is 841. The number of aryl methyl sites for hydroxylation is 1. The Morgan fingerprint density at radius 1 is 0.920 bits per heavy atom. The number of sulfonamides is 1. The maximum Gasteiger partial charge on any atom is 0.243 e. The minimum Gasteiger partial charge on any atom is -0.332 e. The van der Waals surface area contributed by atoms with Crippen LogP contribution in [0.1, 0.15) is 18.4 Å². The van der Waals surface area contributed by atoms with E-state index < -0.39 is 10.0 Å².